The first kappa shape index (κ1) is 14.1. The number of unbranched alkanes of at least 4 members (excludes halogenated alkanes) is 2. The Kier molecular flexibility index (Phi) is 5.97. The molecule has 0 saturated carbocycles. The van der Waals surface area contributed by atoms with E-state index in [2.05, 4.69) is 54.6 Å². The van der Waals surface area contributed by atoms with Gasteiger partial charge in [-0.25, -0.2) is 0 Å². The highest BCUT2D eigenvalue weighted by atomic mass is 35.5. The molecule has 0 aromatic heterocycles. The topological polar surface area (TPSA) is 0 Å². The molecule has 2 aromatic carbocycles. The van der Waals surface area contributed by atoms with E-state index in [0.717, 1.165) is 6.42 Å². The molecule has 1 atom stereocenters. The van der Waals surface area contributed by atoms with Crippen LogP contribution in [0.5, 0.6) is 0 Å². The molecule has 0 nitrogen and oxygen atoms in total. The molecule has 0 fully saturated rings. The number of benzene rings is 2. The van der Waals surface area contributed by atoms with Gasteiger partial charge in [-0.15, -0.1) is 11.6 Å². The lowest BCUT2D eigenvalue weighted by Gasteiger charge is -2.09. The zero-order chi connectivity index (χ0) is 13.3. The Bertz CT molecular complexity index is 450. The van der Waals surface area contributed by atoms with E-state index < -0.39 is 0 Å². The van der Waals surface area contributed by atoms with Gasteiger partial charge in [0.15, 0.2) is 0 Å². The first-order valence-corrected chi connectivity index (χ1v) is 7.53. The van der Waals surface area contributed by atoms with Crippen LogP contribution in [0.4, 0.5) is 0 Å². The molecule has 2 aromatic rings. The summed E-state index contributed by atoms with van der Waals surface area (Å²) in [7, 11) is 0. The Morgan fingerprint density at radius 2 is 1.37 bits per heavy atom. The van der Waals surface area contributed by atoms with E-state index in [4.69, 9.17) is 11.6 Å². The number of aryl methyl sites for hydroxylation is 1. The van der Waals surface area contributed by atoms with Crippen molar-refractivity contribution >= 4 is 11.6 Å². The van der Waals surface area contributed by atoms with E-state index in [0.29, 0.717) is 0 Å². The molecule has 0 N–H and O–H groups in total. The summed E-state index contributed by atoms with van der Waals surface area (Å²) in [6.07, 6.45) is 5.96. The first-order valence-electron chi connectivity index (χ1n) is 7.09. The maximum absolute atomic E-state index is 6.40. The molecule has 0 saturated heterocycles. The molecule has 100 valence electrons. The normalized spacial score (nSPS) is 12.3. The van der Waals surface area contributed by atoms with Crippen molar-refractivity contribution < 1.29 is 0 Å². The summed E-state index contributed by atoms with van der Waals surface area (Å²) in [4.78, 5) is 0. The van der Waals surface area contributed by atoms with Gasteiger partial charge < -0.3 is 0 Å². The van der Waals surface area contributed by atoms with Gasteiger partial charge in [-0.2, -0.15) is 0 Å². The molecule has 0 aliphatic heterocycles. The Hall–Kier alpha value is -1.27. The number of hydrogen-bond donors (Lipinski definition) is 0. The van der Waals surface area contributed by atoms with Crippen LogP contribution in [-0.4, -0.2) is 0 Å². The highest BCUT2D eigenvalue weighted by Crippen LogP contribution is 2.26. The SMILES string of the molecule is ClC(CCCCCc1ccccc1)c1ccccc1. The summed E-state index contributed by atoms with van der Waals surface area (Å²) in [5, 5.41) is 0.165. The van der Waals surface area contributed by atoms with Crippen LogP contribution in [0.2, 0.25) is 0 Å². The van der Waals surface area contributed by atoms with E-state index in [1.807, 2.05) is 6.07 Å². The Balaban J connectivity index is 1.62. The fourth-order valence-electron chi connectivity index (χ4n) is 2.30. The molecule has 0 radical (unpaired) electrons. The third-order valence-electron chi connectivity index (χ3n) is 3.43. The second kappa shape index (κ2) is 8.01. The summed E-state index contributed by atoms with van der Waals surface area (Å²) in [6, 6.07) is 21.1. The molecule has 0 heterocycles. The van der Waals surface area contributed by atoms with E-state index >= 15 is 0 Å². The monoisotopic (exact) mass is 272 g/mol. The molecular formula is C18H21Cl. The van der Waals surface area contributed by atoms with Crippen molar-refractivity contribution in [3.05, 3.63) is 71.8 Å². The molecular weight excluding hydrogens is 252 g/mol. The van der Waals surface area contributed by atoms with E-state index in [-0.39, 0.29) is 5.38 Å². The summed E-state index contributed by atoms with van der Waals surface area (Å²) in [5.74, 6) is 0. The standard InChI is InChI=1S/C18H21Cl/c19-18(17-13-7-3-8-14-17)15-9-2-6-12-16-10-4-1-5-11-16/h1,3-5,7-8,10-11,13-14,18H,2,6,9,12,15H2. The van der Waals surface area contributed by atoms with Crippen LogP contribution in [0.1, 0.15) is 42.2 Å². The maximum Gasteiger partial charge on any atom is 0.0585 e. The fourth-order valence-corrected chi connectivity index (χ4v) is 2.60. The molecule has 1 unspecified atom stereocenters. The van der Waals surface area contributed by atoms with Gasteiger partial charge in [0.25, 0.3) is 0 Å². The Labute approximate surface area is 121 Å². The van der Waals surface area contributed by atoms with Gasteiger partial charge in [-0.1, -0.05) is 73.5 Å². The summed E-state index contributed by atoms with van der Waals surface area (Å²) in [5.41, 5.74) is 2.68. The van der Waals surface area contributed by atoms with Crippen LogP contribution in [-0.2, 0) is 6.42 Å². The van der Waals surface area contributed by atoms with E-state index in [1.54, 1.807) is 0 Å². The smallest absolute Gasteiger partial charge is 0.0585 e. The number of rotatable bonds is 7. The van der Waals surface area contributed by atoms with Crippen molar-refractivity contribution in [2.45, 2.75) is 37.5 Å². The number of halogens is 1. The molecule has 1 heteroatoms. The third kappa shape index (κ3) is 5.08. The van der Waals surface area contributed by atoms with Gasteiger partial charge in [-0.05, 0) is 30.4 Å². The van der Waals surface area contributed by atoms with Gasteiger partial charge >= 0.3 is 0 Å². The average molecular weight is 273 g/mol. The quantitative estimate of drug-likeness (QED) is 0.443. The lowest BCUT2D eigenvalue weighted by molar-refractivity contribution is 0.631. The van der Waals surface area contributed by atoms with Gasteiger partial charge in [0.2, 0.25) is 0 Å². The van der Waals surface area contributed by atoms with Crippen molar-refractivity contribution in [3.8, 4) is 0 Å². The second-order valence-corrected chi connectivity index (χ2v) is 5.49. The molecule has 0 aliphatic carbocycles. The minimum atomic E-state index is 0.165. The molecule has 19 heavy (non-hydrogen) atoms. The van der Waals surface area contributed by atoms with Crippen LogP contribution >= 0.6 is 11.6 Å². The summed E-state index contributed by atoms with van der Waals surface area (Å²) < 4.78 is 0. The third-order valence-corrected chi connectivity index (χ3v) is 3.90. The van der Waals surface area contributed by atoms with E-state index in [9.17, 15) is 0 Å². The van der Waals surface area contributed by atoms with Crippen LogP contribution in [0.15, 0.2) is 60.7 Å². The minimum Gasteiger partial charge on any atom is -0.118 e. The second-order valence-electron chi connectivity index (χ2n) is 4.96. The largest absolute Gasteiger partial charge is 0.118 e. The van der Waals surface area contributed by atoms with Crippen molar-refractivity contribution in [1.29, 1.82) is 0 Å². The van der Waals surface area contributed by atoms with Gasteiger partial charge in [-0.3, -0.25) is 0 Å². The van der Waals surface area contributed by atoms with Gasteiger partial charge in [0.05, 0.1) is 5.38 Å². The summed E-state index contributed by atoms with van der Waals surface area (Å²) in [6.45, 7) is 0. The van der Waals surface area contributed by atoms with Crippen LogP contribution in [0, 0.1) is 0 Å². The molecule has 0 bridgehead atoms. The minimum absolute atomic E-state index is 0.165. The van der Waals surface area contributed by atoms with Crippen molar-refractivity contribution in [3.63, 3.8) is 0 Å². The van der Waals surface area contributed by atoms with Crippen LogP contribution in [0.25, 0.3) is 0 Å². The lowest BCUT2D eigenvalue weighted by atomic mass is 10.0. The van der Waals surface area contributed by atoms with Crippen LogP contribution in [0.3, 0.4) is 0 Å². The fraction of sp³-hybridized carbons (Fsp3) is 0.333. The molecule has 0 aliphatic rings. The summed E-state index contributed by atoms with van der Waals surface area (Å²) >= 11 is 6.40. The Morgan fingerprint density at radius 3 is 2.05 bits per heavy atom. The molecule has 0 amide bonds. The zero-order valence-electron chi connectivity index (χ0n) is 11.3. The van der Waals surface area contributed by atoms with Gasteiger partial charge in [0, 0.05) is 0 Å². The van der Waals surface area contributed by atoms with Crippen LogP contribution < -0.4 is 0 Å². The maximum atomic E-state index is 6.40. The zero-order valence-corrected chi connectivity index (χ0v) is 12.0. The molecule has 0 spiro atoms. The number of alkyl halides is 1. The van der Waals surface area contributed by atoms with Crippen molar-refractivity contribution in [1.82, 2.24) is 0 Å². The average Bonchev–Trinajstić information content (AvgIpc) is 2.49. The van der Waals surface area contributed by atoms with Crippen molar-refractivity contribution in [2.75, 3.05) is 0 Å². The molecule has 2 rings (SSSR count). The highest BCUT2D eigenvalue weighted by Gasteiger charge is 2.06. The highest BCUT2D eigenvalue weighted by molar-refractivity contribution is 6.20. The number of hydrogen-bond acceptors (Lipinski definition) is 0. The van der Waals surface area contributed by atoms with Gasteiger partial charge in [0.1, 0.15) is 0 Å². The first-order chi connectivity index (χ1) is 9.36. The Morgan fingerprint density at radius 1 is 0.737 bits per heavy atom. The lowest BCUT2D eigenvalue weighted by Crippen LogP contribution is -1.91. The predicted molar refractivity (Wildman–Crippen MR) is 83.7 cm³/mol. The van der Waals surface area contributed by atoms with Crippen molar-refractivity contribution in [2.24, 2.45) is 0 Å². The predicted octanol–water partition coefficient (Wildman–Crippen LogP) is 5.77. The van der Waals surface area contributed by atoms with E-state index in [1.165, 1.54) is 36.8 Å².